The van der Waals surface area contributed by atoms with Crippen molar-refractivity contribution in [3.63, 3.8) is 0 Å². The van der Waals surface area contributed by atoms with Gasteiger partial charge in [0.25, 0.3) is 5.91 Å². The van der Waals surface area contributed by atoms with Crippen LogP contribution in [0.2, 0.25) is 0 Å². The van der Waals surface area contributed by atoms with Gasteiger partial charge in [0.2, 0.25) is 5.88 Å². The number of aromatic nitrogens is 2. The minimum Gasteiger partial charge on any atom is -0.497 e. The number of fused-ring (bicyclic) bond motifs is 1. The van der Waals surface area contributed by atoms with Crippen LogP contribution in [0.3, 0.4) is 0 Å². The Balaban J connectivity index is 1.63. The fourth-order valence-electron chi connectivity index (χ4n) is 3.03. The van der Waals surface area contributed by atoms with E-state index < -0.39 is 5.82 Å². The zero-order valence-electron chi connectivity index (χ0n) is 16.3. The van der Waals surface area contributed by atoms with Gasteiger partial charge in [0.1, 0.15) is 23.0 Å². The first-order valence-electron chi connectivity index (χ1n) is 9.18. The fourth-order valence-corrected chi connectivity index (χ4v) is 3.03. The summed E-state index contributed by atoms with van der Waals surface area (Å²) in [6.45, 7) is 1.75. The highest BCUT2D eigenvalue weighted by atomic mass is 19.1. The maximum absolute atomic E-state index is 13.6. The van der Waals surface area contributed by atoms with Gasteiger partial charge >= 0.3 is 0 Å². The molecule has 0 unspecified atom stereocenters. The first-order valence-corrected chi connectivity index (χ1v) is 9.18. The molecule has 0 aliphatic heterocycles. The van der Waals surface area contributed by atoms with Crippen molar-refractivity contribution in [2.75, 3.05) is 12.4 Å². The highest BCUT2D eigenvalue weighted by Crippen LogP contribution is 2.29. The predicted octanol–water partition coefficient (Wildman–Crippen LogP) is 5.13. The zero-order valence-corrected chi connectivity index (χ0v) is 16.3. The summed E-state index contributed by atoms with van der Waals surface area (Å²) in [4.78, 5) is 21.6. The molecule has 0 bridgehead atoms. The summed E-state index contributed by atoms with van der Waals surface area (Å²) < 4.78 is 24.6. The van der Waals surface area contributed by atoms with Gasteiger partial charge in [-0.1, -0.05) is 0 Å². The number of carbonyl (C=O) groups is 1. The van der Waals surface area contributed by atoms with Gasteiger partial charge in [-0.3, -0.25) is 9.78 Å². The molecule has 0 spiro atoms. The molecule has 0 fully saturated rings. The number of hydrogen-bond acceptors (Lipinski definition) is 5. The monoisotopic (exact) mass is 403 g/mol. The number of anilines is 1. The van der Waals surface area contributed by atoms with E-state index >= 15 is 0 Å². The van der Waals surface area contributed by atoms with Crippen molar-refractivity contribution < 1.29 is 18.7 Å². The number of methoxy groups -OCH3 is 1. The number of nitrogens with one attached hydrogen (secondary N) is 1. The molecule has 0 aliphatic carbocycles. The second-order valence-corrected chi connectivity index (χ2v) is 6.56. The van der Waals surface area contributed by atoms with E-state index in [2.05, 4.69) is 15.3 Å². The number of amides is 1. The van der Waals surface area contributed by atoms with Crippen LogP contribution in [0, 0.1) is 12.7 Å². The largest absolute Gasteiger partial charge is 0.497 e. The average molecular weight is 403 g/mol. The Hall–Kier alpha value is -4.00. The molecule has 6 nitrogen and oxygen atoms in total. The van der Waals surface area contributed by atoms with Crippen LogP contribution in [-0.4, -0.2) is 23.0 Å². The number of rotatable bonds is 5. The Kier molecular flexibility index (Phi) is 5.26. The normalized spacial score (nSPS) is 10.6. The number of hydrogen-bond donors (Lipinski definition) is 1. The third kappa shape index (κ3) is 4.05. The summed E-state index contributed by atoms with van der Waals surface area (Å²) in [7, 11) is 1.58. The summed E-state index contributed by atoms with van der Waals surface area (Å²) in [6, 6.07) is 16.2. The molecule has 2 aromatic heterocycles. The maximum Gasteiger partial charge on any atom is 0.256 e. The molecule has 4 aromatic rings. The van der Waals surface area contributed by atoms with Crippen molar-refractivity contribution >= 4 is 22.5 Å². The van der Waals surface area contributed by atoms with E-state index in [9.17, 15) is 9.18 Å². The van der Waals surface area contributed by atoms with Gasteiger partial charge in [0.15, 0.2) is 0 Å². The van der Waals surface area contributed by atoms with E-state index in [1.165, 1.54) is 12.1 Å². The van der Waals surface area contributed by atoms with E-state index in [-0.39, 0.29) is 11.8 Å². The van der Waals surface area contributed by atoms with Gasteiger partial charge in [0.05, 0.1) is 18.2 Å². The molecule has 0 saturated heterocycles. The van der Waals surface area contributed by atoms with E-state index in [0.717, 1.165) is 0 Å². The molecule has 7 heteroatoms. The van der Waals surface area contributed by atoms with Crippen LogP contribution in [-0.2, 0) is 0 Å². The summed E-state index contributed by atoms with van der Waals surface area (Å²) in [6.07, 6.45) is 1.57. The molecule has 30 heavy (non-hydrogen) atoms. The Labute approximate surface area is 172 Å². The minimum atomic E-state index is -0.408. The molecule has 2 heterocycles. The Bertz CT molecular complexity index is 1220. The molecule has 1 amide bonds. The lowest BCUT2D eigenvalue weighted by Crippen LogP contribution is -2.14. The van der Waals surface area contributed by atoms with Crippen LogP contribution in [0.25, 0.3) is 10.9 Å². The van der Waals surface area contributed by atoms with E-state index in [0.29, 0.717) is 39.3 Å². The minimum absolute atomic E-state index is 0.247. The summed E-state index contributed by atoms with van der Waals surface area (Å²) >= 11 is 0. The van der Waals surface area contributed by atoms with Crippen molar-refractivity contribution in [3.8, 4) is 17.4 Å². The number of carbonyl (C=O) groups excluding carboxylic acids is 1. The molecule has 0 aliphatic rings. The number of ether oxygens (including phenoxy) is 2. The lowest BCUT2D eigenvalue weighted by molar-refractivity contribution is 0.102. The lowest BCUT2D eigenvalue weighted by Gasteiger charge is -2.13. The van der Waals surface area contributed by atoms with E-state index in [1.807, 2.05) is 0 Å². The Morgan fingerprint density at radius 3 is 2.57 bits per heavy atom. The summed E-state index contributed by atoms with van der Waals surface area (Å²) in [5.41, 5.74) is 1.82. The predicted molar refractivity (Wildman–Crippen MR) is 112 cm³/mol. The van der Waals surface area contributed by atoms with Gasteiger partial charge in [-0.05, 0) is 61.5 Å². The number of pyridine rings is 2. The van der Waals surface area contributed by atoms with E-state index in [4.69, 9.17) is 9.47 Å². The molecule has 150 valence electrons. The van der Waals surface area contributed by atoms with E-state index in [1.54, 1.807) is 68.8 Å². The smallest absolute Gasteiger partial charge is 0.256 e. The van der Waals surface area contributed by atoms with Crippen LogP contribution in [0.1, 0.15) is 16.1 Å². The SMILES string of the molecule is COc1ccc(Oc2ncccc2NC(=O)c2cc(C)nc3cc(F)ccc23)cc1. The fraction of sp³-hybridized carbons (Fsp3) is 0.0870. The summed E-state index contributed by atoms with van der Waals surface area (Å²) in [5, 5.41) is 3.39. The first-order chi connectivity index (χ1) is 14.5. The van der Waals surface area contributed by atoms with Crippen molar-refractivity contribution in [1.82, 2.24) is 9.97 Å². The molecule has 0 atom stereocenters. The first kappa shape index (κ1) is 19.3. The van der Waals surface area contributed by atoms with Crippen molar-refractivity contribution in [1.29, 1.82) is 0 Å². The molecule has 0 radical (unpaired) electrons. The van der Waals surface area contributed by atoms with Crippen molar-refractivity contribution in [3.05, 3.63) is 83.9 Å². The third-order valence-corrected chi connectivity index (χ3v) is 4.44. The van der Waals surface area contributed by atoms with Crippen LogP contribution in [0.5, 0.6) is 17.4 Å². The molecular weight excluding hydrogens is 385 g/mol. The molecule has 4 rings (SSSR count). The second-order valence-electron chi connectivity index (χ2n) is 6.56. The van der Waals surface area contributed by atoms with Gasteiger partial charge in [-0.15, -0.1) is 0 Å². The Morgan fingerprint density at radius 2 is 1.80 bits per heavy atom. The van der Waals surface area contributed by atoms with Crippen LogP contribution in [0.15, 0.2) is 66.9 Å². The molecule has 2 aromatic carbocycles. The standard InChI is InChI=1S/C23H18FN3O3/c1-14-12-19(18-10-5-15(24)13-21(18)26-14)22(28)27-20-4-3-11-25-23(20)30-17-8-6-16(29-2)7-9-17/h3-13H,1-2H3,(H,27,28). The number of aryl methyl sites for hydroxylation is 1. The molecule has 0 saturated carbocycles. The van der Waals surface area contributed by atoms with Crippen LogP contribution in [0.4, 0.5) is 10.1 Å². The second kappa shape index (κ2) is 8.16. The van der Waals surface area contributed by atoms with Gasteiger partial charge < -0.3 is 14.8 Å². The maximum atomic E-state index is 13.6. The summed E-state index contributed by atoms with van der Waals surface area (Å²) in [5.74, 6) is 0.718. The molecular formula is C23H18FN3O3. The van der Waals surface area contributed by atoms with Crippen LogP contribution < -0.4 is 14.8 Å². The van der Waals surface area contributed by atoms with Gasteiger partial charge in [0, 0.05) is 23.3 Å². The number of benzene rings is 2. The van der Waals surface area contributed by atoms with Gasteiger partial charge in [-0.2, -0.15) is 0 Å². The quantitative estimate of drug-likeness (QED) is 0.500. The third-order valence-electron chi connectivity index (χ3n) is 4.44. The van der Waals surface area contributed by atoms with Crippen LogP contribution >= 0.6 is 0 Å². The van der Waals surface area contributed by atoms with Crippen molar-refractivity contribution in [2.24, 2.45) is 0 Å². The number of nitrogens with zero attached hydrogens (tertiary/aromatic N) is 2. The zero-order chi connectivity index (χ0) is 21.1. The Morgan fingerprint density at radius 1 is 1.03 bits per heavy atom. The average Bonchev–Trinajstić information content (AvgIpc) is 2.74. The highest BCUT2D eigenvalue weighted by molar-refractivity contribution is 6.12. The number of halogens is 1. The lowest BCUT2D eigenvalue weighted by atomic mass is 10.1. The topological polar surface area (TPSA) is 73.3 Å². The molecule has 1 N–H and O–H groups in total. The van der Waals surface area contributed by atoms with Crippen molar-refractivity contribution in [2.45, 2.75) is 6.92 Å². The van der Waals surface area contributed by atoms with Gasteiger partial charge in [-0.25, -0.2) is 9.37 Å². The highest BCUT2D eigenvalue weighted by Gasteiger charge is 2.16.